The lowest BCUT2D eigenvalue weighted by atomic mass is 9.43. The van der Waals surface area contributed by atoms with Crippen LogP contribution in [0, 0.1) is 71.0 Å². The molecule has 32 rings (SSSR count). The van der Waals surface area contributed by atoms with Gasteiger partial charge in [0.1, 0.15) is 0 Å². The Hall–Kier alpha value is -13.3. The van der Waals surface area contributed by atoms with E-state index >= 15 is 0 Å². The predicted octanol–water partition coefficient (Wildman–Crippen LogP) is 33.9. The SMILES string of the molecule is c1ccc(-c2ccc(N(c3ccc4c(c3)-c3ccccc3C43C4CC5CC(C4)CC3C5)c3ccc4ccccc4c3)cc2)cc1.c1ccc(-c2ccc(N(c3ccc4c(c3)-c3ccccc3C43C4CC5CC(C4)CC3C5)c3cccc4ccccc34)cc2)cc1.c1ccc(-c2ccc(N(c3ccccc3)c3ccc4c(c3)-c3ccccc3C43C4CC5CC(C4)CC3C5)cc2)cc1. The first kappa shape index (κ1) is 77.6. The van der Waals surface area contributed by atoms with Crippen molar-refractivity contribution in [1.82, 2.24) is 0 Å². The molecular formula is C128H109N3. The third-order valence-electron chi connectivity index (χ3n) is 35.1. The second kappa shape index (κ2) is 30.9. The number of hydrogen-bond acceptors (Lipinski definition) is 3. The number of hydrogen-bond donors (Lipinski definition) is 0. The molecule has 15 aliphatic rings. The van der Waals surface area contributed by atoms with Crippen LogP contribution >= 0.6 is 0 Å². The molecular weight excluding hydrogens is 1580 g/mol. The number of benzene rings is 17. The molecule has 12 saturated carbocycles. The van der Waals surface area contributed by atoms with Crippen molar-refractivity contribution in [2.75, 3.05) is 14.7 Å². The Kier molecular flexibility index (Phi) is 18.3. The maximum atomic E-state index is 2.55. The Morgan fingerprint density at radius 3 is 0.809 bits per heavy atom. The molecule has 15 aliphatic carbocycles. The van der Waals surface area contributed by atoms with Gasteiger partial charge in [0.15, 0.2) is 0 Å². The molecule has 0 aromatic heterocycles. The molecule has 0 N–H and O–H groups in total. The second-order valence-electron chi connectivity index (χ2n) is 41.5. The van der Waals surface area contributed by atoms with Crippen molar-refractivity contribution in [2.24, 2.45) is 71.0 Å². The largest absolute Gasteiger partial charge is 0.310 e. The molecule has 17 aromatic carbocycles. The van der Waals surface area contributed by atoms with Gasteiger partial charge in [-0.15, -0.1) is 0 Å². The van der Waals surface area contributed by atoms with Crippen LogP contribution in [-0.4, -0.2) is 0 Å². The van der Waals surface area contributed by atoms with Crippen molar-refractivity contribution in [3.63, 3.8) is 0 Å². The molecule has 3 heteroatoms. The highest BCUT2D eigenvalue weighted by Gasteiger charge is 2.65. The molecule has 131 heavy (non-hydrogen) atoms. The normalized spacial score (nSPS) is 25.8. The van der Waals surface area contributed by atoms with Gasteiger partial charge in [0.25, 0.3) is 0 Å². The lowest BCUT2D eigenvalue weighted by molar-refractivity contribution is -0.0399. The lowest BCUT2D eigenvalue weighted by Crippen LogP contribution is -2.55. The van der Waals surface area contributed by atoms with Crippen molar-refractivity contribution >= 4 is 72.7 Å². The lowest BCUT2D eigenvalue weighted by Gasteiger charge is -2.61. The van der Waals surface area contributed by atoms with Crippen LogP contribution < -0.4 is 14.7 Å². The van der Waals surface area contributed by atoms with Crippen molar-refractivity contribution in [3.05, 3.63) is 440 Å². The molecule has 3 spiro atoms. The van der Waals surface area contributed by atoms with Gasteiger partial charge in [-0.25, -0.2) is 0 Å². The zero-order chi connectivity index (χ0) is 86.0. The van der Waals surface area contributed by atoms with Crippen LogP contribution in [0.2, 0.25) is 0 Å². The minimum atomic E-state index is 0.194. The van der Waals surface area contributed by atoms with Crippen LogP contribution in [-0.2, 0) is 16.2 Å². The van der Waals surface area contributed by atoms with Gasteiger partial charge in [-0.2, -0.15) is 0 Å². The summed E-state index contributed by atoms with van der Waals surface area (Å²) in [4.78, 5) is 7.38. The Morgan fingerprint density at radius 2 is 0.420 bits per heavy atom. The molecule has 17 aromatic rings. The molecule has 12 bridgehead atoms. The minimum absolute atomic E-state index is 0.194. The molecule has 3 nitrogen and oxygen atoms in total. The van der Waals surface area contributed by atoms with Crippen LogP contribution in [0.15, 0.2) is 406 Å². The summed E-state index contributed by atoms with van der Waals surface area (Å²) >= 11 is 0. The molecule has 0 atom stereocenters. The van der Waals surface area contributed by atoms with Crippen molar-refractivity contribution < 1.29 is 0 Å². The van der Waals surface area contributed by atoms with E-state index < -0.39 is 0 Å². The van der Waals surface area contributed by atoms with Gasteiger partial charge in [0.05, 0.1) is 5.69 Å². The Bertz CT molecular complexity index is 7160. The van der Waals surface area contributed by atoms with E-state index in [-0.39, 0.29) is 16.2 Å². The maximum Gasteiger partial charge on any atom is 0.0540 e. The third kappa shape index (κ3) is 12.3. The van der Waals surface area contributed by atoms with Crippen LogP contribution in [0.5, 0.6) is 0 Å². The van der Waals surface area contributed by atoms with E-state index in [2.05, 4.69) is 421 Å². The zero-order valence-electron chi connectivity index (χ0n) is 74.6. The Morgan fingerprint density at radius 1 is 0.160 bits per heavy atom. The molecule has 0 aliphatic heterocycles. The first-order valence-corrected chi connectivity index (χ1v) is 49.4. The summed E-state index contributed by atoms with van der Waals surface area (Å²) < 4.78 is 0. The molecule has 636 valence electrons. The summed E-state index contributed by atoms with van der Waals surface area (Å²) in [7, 11) is 0. The van der Waals surface area contributed by atoms with Crippen LogP contribution in [0.4, 0.5) is 51.2 Å². The number of rotatable bonds is 12. The summed E-state index contributed by atoms with van der Waals surface area (Å²) in [6.07, 6.45) is 21.5. The molecule has 0 amide bonds. The smallest absolute Gasteiger partial charge is 0.0540 e. The average Bonchev–Trinajstić information content (AvgIpc) is 1.52. The van der Waals surface area contributed by atoms with E-state index in [0.717, 1.165) is 71.0 Å². The second-order valence-corrected chi connectivity index (χ2v) is 41.5. The summed E-state index contributed by atoms with van der Waals surface area (Å²) in [5.41, 5.74) is 37.4. The van der Waals surface area contributed by atoms with E-state index in [9.17, 15) is 0 Å². The van der Waals surface area contributed by atoms with Crippen molar-refractivity contribution in [1.29, 1.82) is 0 Å². The van der Waals surface area contributed by atoms with Crippen LogP contribution in [0.25, 0.3) is 88.3 Å². The van der Waals surface area contributed by atoms with Gasteiger partial charge in [-0.1, -0.05) is 303 Å². The maximum absolute atomic E-state index is 2.55. The van der Waals surface area contributed by atoms with Crippen molar-refractivity contribution in [2.45, 2.75) is 113 Å². The van der Waals surface area contributed by atoms with E-state index in [1.165, 1.54) is 236 Å². The third-order valence-corrected chi connectivity index (χ3v) is 35.1. The number of fused-ring (bicyclic) bond motifs is 11. The molecule has 0 saturated heterocycles. The quantitative estimate of drug-likeness (QED) is 0.121. The fourth-order valence-electron chi connectivity index (χ4n) is 30.8. The first-order chi connectivity index (χ1) is 64.8. The predicted molar refractivity (Wildman–Crippen MR) is 544 cm³/mol. The standard InChI is InChI=1S/2C44H37N.C40H35N/c1-2-9-31(10-3-1)32-17-19-36(20-18-32)45(43-16-8-12-33-11-4-5-13-38(33)43)37-21-22-42-40(28-37)39-14-6-7-15-41(39)44(42)34-24-29-23-30(26-34)27-35(44)25-29;1-2-8-31(9-3-1)33-14-17-37(18-15-33)45(38-19-16-32-10-4-5-11-34(32)27-38)39-20-21-43-41(28-39)40-12-6-7-13-42(40)44(43)35-23-29-22-30(25-35)26-36(44)24-29;1-3-9-29(10-4-1)30-15-17-34(18-16-30)41(33-11-5-2-6-12-33)35-19-20-39-37(26-35)36-13-7-8-14-38(36)40(39)31-22-27-21-28(24-31)25-32(40)23-27/h1-22,28-30,34-35H,23-27H2;1-21,27-30,35-36H,22-26H2;1-20,26-28,31-32H,21-25H2. The summed E-state index contributed by atoms with van der Waals surface area (Å²) in [6, 6.07) is 152. The topological polar surface area (TPSA) is 9.72 Å². The number of nitrogens with zero attached hydrogens (tertiary/aromatic N) is 3. The highest BCUT2D eigenvalue weighted by atomic mass is 15.2. The first-order valence-electron chi connectivity index (χ1n) is 49.4. The van der Waals surface area contributed by atoms with E-state index in [0.29, 0.717) is 0 Å². The fourth-order valence-corrected chi connectivity index (χ4v) is 30.8. The van der Waals surface area contributed by atoms with Crippen LogP contribution in [0.1, 0.15) is 130 Å². The zero-order valence-corrected chi connectivity index (χ0v) is 74.6. The molecule has 0 radical (unpaired) electrons. The Balaban J connectivity index is 0.000000101. The number of para-hydroxylation sites is 1. The molecule has 12 fully saturated rings. The molecule has 0 unspecified atom stereocenters. The summed E-state index contributed by atoms with van der Waals surface area (Å²) in [5, 5.41) is 5.07. The number of anilines is 9. The van der Waals surface area contributed by atoms with Gasteiger partial charge in [0.2, 0.25) is 0 Å². The van der Waals surface area contributed by atoms with Gasteiger partial charge >= 0.3 is 0 Å². The van der Waals surface area contributed by atoms with Gasteiger partial charge in [-0.05, 0) is 387 Å². The van der Waals surface area contributed by atoms with E-state index in [4.69, 9.17) is 0 Å². The van der Waals surface area contributed by atoms with Crippen molar-refractivity contribution in [3.8, 4) is 66.8 Å². The van der Waals surface area contributed by atoms with Crippen LogP contribution in [0.3, 0.4) is 0 Å². The fraction of sp³-hybridized carbons (Fsp3) is 0.234. The Labute approximate surface area is 772 Å². The summed E-state index contributed by atoms with van der Waals surface area (Å²) in [6.45, 7) is 0. The average molecular weight is 1690 g/mol. The minimum Gasteiger partial charge on any atom is -0.310 e. The highest BCUT2D eigenvalue weighted by molar-refractivity contribution is 6.01. The highest BCUT2D eigenvalue weighted by Crippen LogP contribution is 2.74. The van der Waals surface area contributed by atoms with Gasteiger partial charge in [-0.3, -0.25) is 0 Å². The summed E-state index contributed by atoms with van der Waals surface area (Å²) in [5.74, 6) is 10.5. The molecule has 0 heterocycles. The van der Waals surface area contributed by atoms with E-state index in [1.54, 1.807) is 33.4 Å². The van der Waals surface area contributed by atoms with E-state index in [1.807, 2.05) is 0 Å². The monoisotopic (exact) mass is 1690 g/mol. The van der Waals surface area contributed by atoms with Gasteiger partial charge < -0.3 is 14.7 Å². The van der Waals surface area contributed by atoms with Gasteiger partial charge in [0, 0.05) is 67.1 Å².